The fourth-order valence-corrected chi connectivity index (χ4v) is 2.77. The molecule has 1 aliphatic carbocycles. The van der Waals surface area contributed by atoms with Gasteiger partial charge in [-0.05, 0) is 32.9 Å². The predicted octanol–water partition coefficient (Wildman–Crippen LogP) is 2.09. The first kappa shape index (κ1) is 15.4. The van der Waals surface area contributed by atoms with Gasteiger partial charge >= 0.3 is 5.97 Å². The van der Waals surface area contributed by atoms with E-state index in [1.165, 1.54) is 38.5 Å². The molecule has 1 aliphatic rings. The Kier molecular flexibility index (Phi) is 7.28. The molecule has 18 heavy (non-hydrogen) atoms. The van der Waals surface area contributed by atoms with Crippen LogP contribution >= 0.6 is 0 Å². The Hall–Kier alpha value is -0.610. The topological polar surface area (TPSA) is 52.6 Å². The van der Waals surface area contributed by atoms with Crippen LogP contribution in [0.2, 0.25) is 0 Å². The summed E-state index contributed by atoms with van der Waals surface area (Å²) in [6.07, 6.45) is 8.61. The van der Waals surface area contributed by atoms with Gasteiger partial charge < -0.3 is 15.3 Å². The smallest absolute Gasteiger partial charge is 0.320 e. The van der Waals surface area contributed by atoms with Crippen LogP contribution < -0.4 is 5.32 Å². The highest BCUT2D eigenvalue weighted by Crippen LogP contribution is 2.21. The number of aliphatic carboxylic acids is 1. The van der Waals surface area contributed by atoms with Gasteiger partial charge in [0.15, 0.2) is 0 Å². The molecular formula is C14H28N2O2. The van der Waals surface area contributed by atoms with Crippen LogP contribution in [0.25, 0.3) is 0 Å². The summed E-state index contributed by atoms with van der Waals surface area (Å²) >= 11 is 0. The van der Waals surface area contributed by atoms with E-state index in [2.05, 4.69) is 17.3 Å². The minimum atomic E-state index is -0.730. The average molecular weight is 256 g/mol. The number of carboxylic acids is 1. The van der Waals surface area contributed by atoms with E-state index >= 15 is 0 Å². The number of rotatable bonds is 7. The maximum absolute atomic E-state index is 11.1. The number of hydrogen-bond acceptors (Lipinski definition) is 3. The van der Waals surface area contributed by atoms with Crippen molar-refractivity contribution < 1.29 is 9.90 Å². The summed E-state index contributed by atoms with van der Waals surface area (Å²) in [6, 6.07) is 0.256. The molecule has 0 saturated heterocycles. The molecule has 0 spiro atoms. The fraction of sp³-hybridized carbons (Fsp3) is 0.929. The first-order chi connectivity index (χ1) is 8.65. The van der Waals surface area contributed by atoms with Crippen molar-refractivity contribution in [3.05, 3.63) is 0 Å². The molecule has 1 saturated carbocycles. The Bertz CT molecular complexity index is 238. The lowest BCUT2D eigenvalue weighted by atomic mass is 10.1. The van der Waals surface area contributed by atoms with Gasteiger partial charge in [-0.15, -0.1) is 0 Å². The van der Waals surface area contributed by atoms with E-state index in [1.54, 1.807) is 0 Å². The molecule has 0 aromatic rings. The molecule has 0 aromatic carbocycles. The molecule has 2 N–H and O–H groups in total. The second-order valence-electron chi connectivity index (χ2n) is 5.36. The lowest BCUT2D eigenvalue weighted by Crippen LogP contribution is -2.41. The van der Waals surface area contributed by atoms with Crippen molar-refractivity contribution in [2.24, 2.45) is 0 Å². The summed E-state index contributed by atoms with van der Waals surface area (Å²) in [7, 11) is 2.14. The molecule has 4 nitrogen and oxygen atoms in total. The number of hydrogen-bond donors (Lipinski definition) is 2. The number of likely N-dealkylation sites (N-methyl/N-ethyl adjacent to an activating group) is 1. The van der Waals surface area contributed by atoms with Gasteiger partial charge in [-0.25, -0.2) is 0 Å². The van der Waals surface area contributed by atoms with E-state index in [9.17, 15) is 4.79 Å². The molecule has 4 heteroatoms. The van der Waals surface area contributed by atoms with E-state index in [-0.39, 0.29) is 0 Å². The Morgan fingerprint density at radius 2 is 1.94 bits per heavy atom. The summed E-state index contributed by atoms with van der Waals surface area (Å²) in [6.45, 7) is 3.53. The van der Waals surface area contributed by atoms with Crippen LogP contribution in [-0.4, -0.2) is 48.2 Å². The van der Waals surface area contributed by atoms with Crippen LogP contribution in [0.3, 0.4) is 0 Å². The molecule has 0 bridgehead atoms. The van der Waals surface area contributed by atoms with Crippen LogP contribution in [-0.2, 0) is 4.79 Å². The van der Waals surface area contributed by atoms with Crippen molar-refractivity contribution in [1.82, 2.24) is 10.2 Å². The third kappa shape index (κ3) is 5.36. The molecule has 0 heterocycles. The summed E-state index contributed by atoms with van der Waals surface area (Å²) in [5.74, 6) is -0.730. The zero-order valence-electron chi connectivity index (χ0n) is 11.8. The molecule has 1 unspecified atom stereocenters. The van der Waals surface area contributed by atoms with E-state index in [4.69, 9.17) is 5.11 Å². The van der Waals surface area contributed by atoms with Crippen LogP contribution in [0.1, 0.15) is 51.9 Å². The molecule has 0 amide bonds. The monoisotopic (exact) mass is 256 g/mol. The van der Waals surface area contributed by atoms with Crippen molar-refractivity contribution in [3.63, 3.8) is 0 Å². The van der Waals surface area contributed by atoms with E-state index in [0.717, 1.165) is 6.54 Å². The summed E-state index contributed by atoms with van der Waals surface area (Å²) < 4.78 is 0. The van der Waals surface area contributed by atoms with Crippen LogP contribution in [0.15, 0.2) is 0 Å². The van der Waals surface area contributed by atoms with Crippen LogP contribution in [0.5, 0.6) is 0 Å². The van der Waals surface area contributed by atoms with Crippen LogP contribution in [0, 0.1) is 0 Å². The molecular weight excluding hydrogens is 228 g/mol. The van der Waals surface area contributed by atoms with Crippen molar-refractivity contribution in [2.75, 3.05) is 20.1 Å². The number of carbonyl (C=O) groups is 1. The highest BCUT2D eigenvalue weighted by atomic mass is 16.4. The molecule has 1 rings (SSSR count). The van der Waals surface area contributed by atoms with Gasteiger partial charge in [0.2, 0.25) is 0 Å². The third-order valence-electron chi connectivity index (χ3n) is 3.97. The van der Waals surface area contributed by atoms with Crippen LogP contribution in [0.4, 0.5) is 0 Å². The second kappa shape index (κ2) is 8.48. The van der Waals surface area contributed by atoms with Gasteiger partial charge in [-0.1, -0.05) is 32.6 Å². The maximum atomic E-state index is 11.1. The van der Waals surface area contributed by atoms with Gasteiger partial charge in [0.1, 0.15) is 6.04 Å². The molecule has 0 radical (unpaired) electrons. The average Bonchev–Trinajstić information content (AvgIpc) is 2.62. The van der Waals surface area contributed by atoms with E-state index in [0.29, 0.717) is 19.0 Å². The molecule has 106 valence electrons. The van der Waals surface area contributed by atoms with Crippen molar-refractivity contribution >= 4 is 5.97 Å². The van der Waals surface area contributed by atoms with E-state index < -0.39 is 12.0 Å². The van der Waals surface area contributed by atoms with Crippen molar-refractivity contribution in [1.29, 1.82) is 0 Å². The number of nitrogens with one attached hydrogen (secondary N) is 1. The normalized spacial score (nSPS) is 19.7. The van der Waals surface area contributed by atoms with Gasteiger partial charge in [-0.2, -0.15) is 0 Å². The Morgan fingerprint density at radius 1 is 1.33 bits per heavy atom. The molecule has 1 atom stereocenters. The minimum Gasteiger partial charge on any atom is -0.480 e. The Labute approximate surface area is 111 Å². The highest BCUT2D eigenvalue weighted by molar-refractivity contribution is 5.73. The first-order valence-electron chi connectivity index (χ1n) is 7.31. The number of carboxylic acid groups (broad SMARTS) is 1. The van der Waals surface area contributed by atoms with Gasteiger partial charge in [-0.3, -0.25) is 4.79 Å². The maximum Gasteiger partial charge on any atom is 0.320 e. The molecule has 0 aliphatic heterocycles. The molecule has 0 aromatic heterocycles. The summed E-state index contributed by atoms with van der Waals surface area (Å²) in [5, 5.41) is 12.1. The van der Waals surface area contributed by atoms with Crippen molar-refractivity contribution in [3.8, 4) is 0 Å². The zero-order valence-corrected chi connectivity index (χ0v) is 11.8. The third-order valence-corrected chi connectivity index (χ3v) is 3.97. The fourth-order valence-electron chi connectivity index (χ4n) is 2.77. The number of nitrogens with zero attached hydrogens (tertiary/aromatic N) is 1. The van der Waals surface area contributed by atoms with Gasteiger partial charge in [0.05, 0.1) is 0 Å². The summed E-state index contributed by atoms with van der Waals surface area (Å²) in [5.41, 5.74) is 0. The lowest BCUT2D eigenvalue weighted by molar-refractivity contribution is -0.139. The minimum absolute atomic E-state index is 0.400. The predicted molar refractivity (Wildman–Crippen MR) is 73.8 cm³/mol. The largest absolute Gasteiger partial charge is 0.480 e. The highest BCUT2D eigenvalue weighted by Gasteiger charge is 2.20. The standard InChI is InChI=1S/C14H28N2O2/c1-3-15-13(14(17)18)10-11-16(2)12-8-6-4-5-7-9-12/h12-13,15H,3-11H2,1-2H3,(H,17,18). The van der Waals surface area contributed by atoms with Gasteiger partial charge in [0, 0.05) is 12.6 Å². The Morgan fingerprint density at radius 3 is 2.44 bits per heavy atom. The first-order valence-corrected chi connectivity index (χ1v) is 7.31. The lowest BCUT2D eigenvalue weighted by Gasteiger charge is -2.28. The van der Waals surface area contributed by atoms with Crippen molar-refractivity contribution in [2.45, 2.75) is 64.0 Å². The molecule has 1 fully saturated rings. The van der Waals surface area contributed by atoms with Gasteiger partial charge in [0.25, 0.3) is 0 Å². The zero-order chi connectivity index (χ0) is 13.4. The second-order valence-corrected chi connectivity index (χ2v) is 5.36. The summed E-state index contributed by atoms with van der Waals surface area (Å²) in [4.78, 5) is 13.4. The quantitative estimate of drug-likeness (QED) is 0.685. The SMILES string of the molecule is CCNC(CCN(C)C1CCCCCC1)C(=O)O. The van der Waals surface area contributed by atoms with E-state index in [1.807, 2.05) is 6.92 Å². The Balaban J connectivity index is 2.33.